The molecule has 1 aromatic carbocycles. The van der Waals surface area contributed by atoms with E-state index in [2.05, 4.69) is 37.4 Å². The van der Waals surface area contributed by atoms with Crippen LogP contribution in [0.25, 0.3) is 0 Å². The summed E-state index contributed by atoms with van der Waals surface area (Å²) in [5.74, 6) is 1.07. The molecule has 1 heterocycles. The van der Waals surface area contributed by atoms with E-state index in [1.165, 1.54) is 11.1 Å². The van der Waals surface area contributed by atoms with Crippen molar-refractivity contribution in [2.24, 2.45) is 0 Å². The van der Waals surface area contributed by atoms with Crippen molar-refractivity contribution in [3.63, 3.8) is 0 Å². The molecular formula is C13H19NO. The fourth-order valence-electron chi connectivity index (χ4n) is 2.06. The van der Waals surface area contributed by atoms with Gasteiger partial charge in [-0.15, -0.1) is 0 Å². The van der Waals surface area contributed by atoms with E-state index in [1.54, 1.807) is 0 Å². The van der Waals surface area contributed by atoms with Gasteiger partial charge < -0.3 is 10.1 Å². The van der Waals surface area contributed by atoms with Crippen LogP contribution in [-0.4, -0.2) is 19.2 Å². The molecule has 0 amide bonds. The van der Waals surface area contributed by atoms with Crippen molar-refractivity contribution in [3.05, 3.63) is 29.3 Å². The molecule has 0 aliphatic carbocycles. The minimum atomic E-state index is 0.344. The molecule has 0 bridgehead atoms. The van der Waals surface area contributed by atoms with E-state index in [9.17, 15) is 0 Å². The summed E-state index contributed by atoms with van der Waals surface area (Å²) in [5, 5.41) is 3.26. The maximum atomic E-state index is 5.68. The Morgan fingerprint density at radius 1 is 1.53 bits per heavy atom. The molecule has 1 aliphatic rings. The van der Waals surface area contributed by atoms with Gasteiger partial charge in [0.2, 0.25) is 0 Å². The zero-order valence-corrected chi connectivity index (χ0v) is 9.71. The van der Waals surface area contributed by atoms with E-state index < -0.39 is 0 Å². The van der Waals surface area contributed by atoms with Crippen molar-refractivity contribution < 1.29 is 4.74 Å². The smallest absolute Gasteiger partial charge is 0.123 e. The second-order valence-corrected chi connectivity index (χ2v) is 4.47. The molecule has 0 saturated carbocycles. The van der Waals surface area contributed by atoms with E-state index in [-0.39, 0.29) is 0 Å². The molecular weight excluding hydrogens is 186 g/mol. The highest BCUT2D eigenvalue weighted by atomic mass is 16.5. The predicted molar refractivity (Wildman–Crippen MR) is 62.5 cm³/mol. The summed E-state index contributed by atoms with van der Waals surface area (Å²) in [5.41, 5.74) is 2.76. The summed E-state index contributed by atoms with van der Waals surface area (Å²) in [6.45, 7) is 4.32. The lowest BCUT2D eigenvalue weighted by Crippen LogP contribution is -2.23. The Kier molecular flexibility index (Phi) is 2.96. The predicted octanol–water partition coefficient (Wildman–Crippen LogP) is 2.16. The van der Waals surface area contributed by atoms with Crippen LogP contribution in [0.3, 0.4) is 0 Å². The zero-order chi connectivity index (χ0) is 10.8. The second kappa shape index (κ2) is 4.23. The first-order chi connectivity index (χ1) is 7.19. The van der Waals surface area contributed by atoms with Gasteiger partial charge in [-0.1, -0.05) is 12.1 Å². The minimum absolute atomic E-state index is 0.344. The number of fused-ring (bicyclic) bond motifs is 1. The van der Waals surface area contributed by atoms with Crippen molar-refractivity contribution in [1.82, 2.24) is 5.32 Å². The third-order valence-electron chi connectivity index (χ3n) is 3.00. The Hall–Kier alpha value is -1.02. The van der Waals surface area contributed by atoms with Gasteiger partial charge in [-0.25, -0.2) is 0 Å². The molecule has 2 heteroatoms. The number of nitrogens with one attached hydrogen (secondary N) is 1. The first-order valence-electron chi connectivity index (χ1n) is 5.64. The summed E-state index contributed by atoms with van der Waals surface area (Å²) < 4.78 is 5.68. The maximum Gasteiger partial charge on any atom is 0.123 e. The molecule has 0 spiro atoms. The largest absolute Gasteiger partial charge is 0.490 e. The van der Waals surface area contributed by atoms with Gasteiger partial charge in [0, 0.05) is 12.5 Å². The molecule has 15 heavy (non-hydrogen) atoms. The normalized spacial score (nSPS) is 20.9. The highest BCUT2D eigenvalue weighted by Crippen LogP contribution is 2.29. The molecule has 1 aromatic rings. The number of benzene rings is 1. The molecule has 1 aliphatic heterocycles. The lowest BCUT2D eigenvalue weighted by atomic mass is 10.0. The Bertz CT molecular complexity index is 348. The van der Waals surface area contributed by atoms with Crippen LogP contribution in [0.2, 0.25) is 0 Å². The van der Waals surface area contributed by atoms with Crippen molar-refractivity contribution in [2.45, 2.75) is 38.8 Å². The van der Waals surface area contributed by atoms with Crippen LogP contribution in [0.1, 0.15) is 25.0 Å². The molecule has 2 atom stereocenters. The molecule has 1 N–H and O–H groups in total. The highest BCUT2D eigenvalue weighted by molar-refractivity contribution is 5.40. The first-order valence-corrected chi connectivity index (χ1v) is 5.64. The van der Waals surface area contributed by atoms with Crippen molar-refractivity contribution in [2.75, 3.05) is 7.05 Å². The minimum Gasteiger partial charge on any atom is -0.490 e. The van der Waals surface area contributed by atoms with Gasteiger partial charge in [-0.2, -0.15) is 0 Å². The summed E-state index contributed by atoms with van der Waals surface area (Å²) in [4.78, 5) is 0. The summed E-state index contributed by atoms with van der Waals surface area (Å²) in [6.07, 6.45) is 2.48. The molecule has 82 valence electrons. The van der Waals surface area contributed by atoms with Crippen molar-refractivity contribution in [3.8, 4) is 5.75 Å². The number of hydrogen-bond donors (Lipinski definition) is 1. The monoisotopic (exact) mass is 205 g/mol. The average Bonchev–Trinajstić information content (AvgIpc) is 2.57. The van der Waals surface area contributed by atoms with Gasteiger partial charge in [0.1, 0.15) is 11.9 Å². The lowest BCUT2D eigenvalue weighted by molar-refractivity contribution is 0.254. The topological polar surface area (TPSA) is 21.3 Å². The molecule has 0 radical (unpaired) electrons. The first kappa shape index (κ1) is 10.5. The van der Waals surface area contributed by atoms with Crippen LogP contribution in [0.4, 0.5) is 0 Å². The lowest BCUT2D eigenvalue weighted by Gasteiger charge is -2.10. The molecule has 0 aromatic heterocycles. The zero-order valence-electron chi connectivity index (χ0n) is 9.71. The van der Waals surface area contributed by atoms with Gasteiger partial charge in [0.05, 0.1) is 0 Å². The standard InChI is InChI=1S/C13H19NO/c1-9(14-3)6-11-4-5-13-12(8-11)7-10(2)15-13/h4-5,8-10,14H,6-7H2,1-3H3. The Labute approximate surface area is 91.6 Å². The Balaban J connectivity index is 2.13. The van der Waals surface area contributed by atoms with E-state index in [1.807, 2.05) is 7.05 Å². The number of ether oxygens (including phenoxy) is 1. The number of rotatable bonds is 3. The summed E-state index contributed by atoms with van der Waals surface area (Å²) >= 11 is 0. The van der Waals surface area contributed by atoms with Crippen LogP contribution in [-0.2, 0) is 12.8 Å². The van der Waals surface area contributed by atoms with Gasteiger partial charge >= 0.3 is 0 Å². The summed E-state index contributed by atoms with van der Waals surface area (Å²) in [6, 6.07) is 7.09. The van der Waals surface area contributed by atoms with Crippen LogP contribution in [0, 0.1) is 0 Å². The molecule has 0 fully saturated rings. The van der Waals surface area contributed by atoms with E-state index >= 15 is 0 Å². The number of hydrogen-bond acceptors (Lipinski definition) is 2. The van der Waals surface area contributed by atoms with Crippen LogP contribution >= 0.6 is 0 Å². The van der Waals surface area contributed by atoms with Crippen LogP contribution in [0.5, 0.6) is 5.75 Å². The molecule has 2 nitrogen and oxygen atoms in total. The fourth-order valence-corrected chi connectivity index (χ4v) is 2.06. The van der Waals surface area contributed by atoms with Crippen LogP contribution < -0.4 is 10.1 Å². The van der Waals surface area contributed by atoms with Gasteiger partial charge in [0.15, 0.2) is 0 Å². The third kappa shape index (κ3) is 2.32. The summed E-state index contributed by atoms with van der Waals surface area (Å²) in [7, 11) is 2.00. The fraction of sp³-hybridized carbons (Fsp3) is 0.538. The second-order valence-electron chi connectivity index (χ2n) is 4.47. The van der Waals surface area contributed by atoms with Gasteiger partial charge in [-0.05, 0) is 44.5 Å². The van der Waals surface area contributed by atoms with Gasteiger partial charge in [-0.3, -0.25) is 0 Å². The third-order valence-corrected chi connectivity index (χ3v) is 3.00. The van der Waals surface area contributed by atoms with E-state index in [0.29, 0.717) is 12.1 Å². The molecule has 0 saturated heterocycles. The number of likely N-dealkylation sites (N-methyl/N-ethyl adjacent to an activating group) is 1. The van der Waals surface area contributed by atoms with E-state index in [4.69, 9.17) is 4.74 Å². The maximum absolute atomic E-state index is 5.68. The SMILES string of the molecule is CNC(C)Cc1ccc2c(c1)CC(C)O2. The van der Waals surface area contributed by atoms with E-state index in [0.717, 1.165) is 18.6 Å². The average molecular weight is 205 g/mol. The van der Waals surface area contributed by atoms with Crippen LogP contribution in [0.15, 0.2) is 18.2 Å². The highest BCUT2D eigenvalue weighted by Gasteiger charge is 2.18. The quantitative estimate of drug-likeness (QED) is 0.816. The molecule has 2 unspecified atom stereocenters. The Morgan fingerprint density at radius 2 is 2.33 bits per heavy atom. The molecule has 2 rings (SSSR count). The Morgan fingerprint density at radius 3 is 3.07 bits per heavy atom. The van der Waals surface area contributed by atoms with Crippen molar-refractivity contribution >= 4 is 0 Å². The van der Waals surface area contributed by atoms with Crippen molar-refractivity contribution in [1.29, 1.82) is 0 Å². The van der Waals surface area contributed by atoms with Gasteiger partial charge in [0.25, 0.3) is 0 Å².